The van der Waals surface area contributed by atoms with Crippen LogP contribution in [-0.2, 0) is 11.3 Å². The fraction of sp³-hybridized carbons (Fsp3) is 0.217. The van der Waals surface area contributed by atoms with Gasteiger partial charge < -0.3 is 0 Å². The molecule has 1 unspecified atom stereocenters. The van der Waals surface area contributed by atoms with Gasteiger partial charge in [0.25, 0.3) is 5.91 Å². The summed E-state index contributed by atoms with van der Waals surface area (Å²) in [5, 5.41) is 19.7. The van der Waals surface area contributed by atoms with E-state index in [1.165, 1.54) is 17.1 Å². The highest BCUT2D eigenvalue weighted by atomic mass is 19.1. The van der Waals surface area contributed by atoms with E-state index in [-0.39, 0.29) is 5.91 Å². The molecule has 0 aliphatic carbocycles. The van der Waals surface area contributed by atoms with Gasteiger partial charge in [0.05, 0.1) is 29.4 Å². The van der Waals surface area contributed by atoms with E-state index in [1.807, 2.05) is 6.07 Å². The van der Waals surface area contributed by atoms with Gasteiger partial charge in [-0.05, 0) is 48.7 Å². The molecule has 6 nitrogen and oxygen atoms in total. The van der Waals surface area contributed by atoms with Crippen LogP contribution in [0.25, 0.3) is 10.9 Å². The number of hydrazone groups is 1. The quantitative estimate of drug-likeness (QED) is 0.553. The van der Waals surface area contributed by atoms with E-state index >= 15 is 0 Å². The van der Waals surface area contributed by atoms with Crippen molar-refractivity contribution < 1.29 is 13.6 Å². The van der Waals surface area contributed by atoms with Crippen molar-refractivity contribution in [2.45, 2.75) is 31.8 Å². The van der Waals surface area contributed by atoms with Crippen molar-refractivity contribution in [1.82, 2.24) is 14.8 Å². The fourth-order valence-corrected chi connectivity index (χ4v) is 3.68. The second kappa shape index (κ2) is 8.48. The summed E-state index contributed by atoms with van der Waals surface area (Å²) in [6.07, 6.45) is 4.69. The number of halogens is 2. The Morgan fingerprint density at radius 1 is 1.23 bits per heavy atom. The molecule has 0 fully saturated rings. The Kier molecular flexibility index (Phi) is 5.58. The lowest BCUT2D eigenvalue weighted by atomic mass is 10.0. The van der Waals surface area contributed by atoms with Gasteiger partial charge in [0, 0.05) is 36.2 Å². The second-order valence-electron chi connectivity index (χ2n) is 7.36. The molecule has 0 N–H and O–H groups in total. The molecular formula is C23H19F2N5O. The first-order valence-electron chi connectivity index (χ1n) is 9.81. The van der Waals surface area contributed by atoms with Gasteiger partial charge in [-0.15, -0.1) is 0 Å². The topological polar surface area (TPSA) is 74.3 Å². The molecule has 4 rings (SSSR count). The number of nitriles is 1. The average Bonchev–Trinajstić information content (AvgIpc) is 3.39. The van der Waals surface area contributed by atoms with Crippen molar-refractivity contribution in [1.29, 1.82) is 5.26 Å². The van der Waals surface area contributed by atoms with Gasteiger partial charge >= 0.3 is 0 Å². The second-order valence-corrected chi connectivity index (χ2v) is 7.36. The molecule has 1 aliphatic rings. The van der Waals surface area contributed by atoms with Crippen LogP contribution in [0.2, 0.25) is 0 Å². The Labute approximate surface area is 177 Å². The third-order valence-electron chi connectivity index (χ3n) is 5.23. The predicted molar refractivity (Wildman–Crippen MR) is 112 cm³/mol. The lowest BCUT2D eigenvalue weighted by Crippen LogP contribution is -2.28. The van der Waals surface area contributed by atoms with E-state index in [2.05, 4.69) is 22.8 Å². The van der Waals surface area contributed by atoms with E-state index in [4.69, 9.17) is 5.26 Å². The van der Waals surface area contributed by atoms with Crippen LogP contribution in [0.3, 0.4) is 0 Å². The van der Waals surface area contributed by atoms with Gasteiger partial charge in [0.2, 0.25) is 0 Å². The van der Waals surface area contributed by atoms with Crippen molar-refractivity contribution in [2.24, 2.45) is 5.10 Å². The molecule has 1 aliphatic heterocycles. The summed E-state index contributed by atoms with van der Waals surface area (Å²) in [6, 6.07) is 10.1. The Bertz CT molecular complexity index is 1220. The van der Waals surface area contributed by atoms with E-state index in [0.717, 1.165) is 17.0 Å². The van der Waals surface area contributed by atoms with Crippen molar-refractivity contribution in [3.8, 4) is 6.07 Å². The summed E-state index contributed by atoms with van der Waals surface area (Å²) in [5.41, 5.74) is 2.12. The number of benzene rings is 2. The monoisotopic (exact) mass is 419 g/mol. The molecule has 31 heavy (non-hydrogen) atoms. The van der Waals surface area contributed by atoms with Crippen LogP contribution in [0, 0.1) is 23.0 Å². The average molecular weight is 419 g/mol. The maximum absolute atomic E-state index is 13.6. The molecule has 2 heterocycles. The highest BCUT2D eigenvalue weighted by Crippen LogP contribution is 2.31. The van der Waals surface area contributed by atoms with Crippen LogP contribution >= 0.6 is 0 Å². The number of rotatable bonds is 6. The van der Waals surface area contributed by atoms with Gasteiger partial charge in [-0.2, -0.15) is 15.5 Å². The molecule has 0 spiro atoms. The van der Waals surface area contributed by atoms with Crippen LogP contribution in [0.4, 0.5) is 8.78 Å². The minimum Gasteiger partial charge on any atom is -0.268 e. The van der Waals surface area contributed by atoms with E-state index in [9.17, 15) is 13.6 Å². The fourth-order valence-electron chi connectivity index (χ4n) is 3.68. The first kappa shape index (κ1) is 20.4. The number of aromatic nitrogens is 2. The van der Waals surface area contributed by atoms with E-state index in [0.29, 0.717) is 42.5 Å². The molecule has 1 aromatic heterocycles. The maximum Gasteiger partial charge on any atom is 0.269 e. The number of hydrogen-bond donors (Lipinski definition) is 0. The van der Waals surface area contributed by atoms with E-state index < -0.39 is 17.7 Å². The predicted octanol–water partition coefficient (Wildman–Crippen LogP) is 4.48. The van der Waals surface area contributed by atoms with Crippen molar-refractivity contribution >= 4 is 23.0 Å². The molecule has 0 saturated carbocycles. The van der Waals surface area contributed by atoms with Gasteiger partial charge in [0.1, 0.15) is 11.6 Å². The first-order chi connectivity index (χ1) is 15.0. The lowest BCUT2D eigenvalue weighted by Gasteiger charge is -2.23. The summed E-state index contributed by atoms with van der Waals surface area (Å²) in [6.45, 7) is 4.43. The summed E-state index contributed by atoms with van der Waals surface area (Å²) < 4.78 is 29.0. The minimum atomic E-state index is -0.695. The Morgan fingerprint density at radius 2 is 2.00 bits per heavy atom. The number of amides is 1. The van der Waals surface area contributed by atoms with Gasteiger partial charge in [-0.25, -0.2) is 13.8 Å². The number of nitrogens with zero attached hydrogens (tertiary/aromatic N) is 5. The molecule has 0 bridgehead atoms. The number of carbonyl (C=O) groups excluding carboxylic acids is 1. The van der Waals surface area contributed by atoms with Crippen molar-refractivity contribution in [2.75, 3.05) is 0 Å². The SMILES string of the molecule is C=C(CCCn1ncc2ccc(C#N)cc21)C(=O)N1N=CCC1c1cc(F)cc(F)c1. The summed E-state index contributed by atoms with van der Waals surface area (Å²) in [5.74, 6) is -1.77. The standard InChI is InChI=1S/C23H19F2N5O/c1-15(3-2-8-29-22-9-16(13-26)4-5-17(22)14-28-29)23(31)30-21(6-7-27-30)18-10-19(24)12-20(25)11-18/h4-5,7,9-12,14,21H,1-3,6,8H2. The molecule has 1 amide bonds. The van der Waals surface area contributed by atoms with Crippen LogP contribution in [0.5, 0.6) is 0 Å². The summed E-state index contributed by atoms with van der Waals surface area (Å²) in [7, 11) is 0. The zero-order valence-electron chi connectivity index (χ0n) is 16.6. The summed E-state index contributed by atoms with van der Waals surface area (Å²) in [4.78, 5) is 12.9. The number of carbonyl (C=O) groups is 1. The normalized spacial score (nSPS) is 15.4. The van der Waals surface area contributed by atoms with Gasteiger partial charge in [-0.1, -0.05) is 6.58 Å². The van der Waals surface area contributed by atoms with Crippen LogP contribution < -0.4 is 0 Å². The number of hydrogen-bond acceptors (Lipinski definition) is 4. The molecule has 2 aromatic carbocycles. The van der Waals surface area contributed by atoms with Gasteiger partial charge in [0.15, 0.2) is 0 Å². The molecule has 156 valence electrons. The lowest BCUT2D eigenvalue weighted by molar-refractivity contribution is -0.129. The zero-order chi connectivity index (χ0) is 22.0. The molecule has 1 atom stereocenters. The van der Waals surface area contributed by atoms with E-state index in [1.54, 1.807) is 29.2 Å². The Hall–Kier alpha value is -3.86. The molecule has 8 heteroatoms. The Balaban J connectivity index is 1.40. The first-order valence-corrected chi connectivity index (χ1v) is 9.81. The summed E-state index contributed by atoms with van der Waals surface area (Å²) >= 11 is 0. The van der Waals surface area contributed by atoms with Crippen molar-refractivity contribution in [3.05, 3.63) is 77.5 Å². The molecular weight excluding hydrogens is 400 g/mol. The van der Waals surface area contributed by atoms with Crippen LogP contribution in [-0.4, -0.2) is 26.9 Å². The number of fused-ring (bicyclic) bond motifs is 1. The number of aryl methyl sites for hydroxylation is 1. The third-order valence-corrected chi connectivity index (χ3v) is 5.23. The molecule has 3 aromatic rings. The van der Waals surface area contributed by atoms with Crippen molar-refractivity contribution in [3.63, 3.8) is 0 Å². The largest absolute Gasteiger partial charge is 0.269 e. The van der Waals surface area contributed by atoms with Crippen LogP contribution in [0.15, 0.2) is 59.8 Å². The molecule has 0 saturated heterocycles. The highest BCUT2D eigenvalue weighted by molar-refractivity contribution is 5.94. The maximum atomic E-state index is 13.6. The molecule has 0 radical (unpaired) electrons. The minimum absolute atomic E-state index is 0.354. The highest BCUT2D eigenvalue weighted by Gasteiger charge is 2.30. The zero-order valence-corrected chi connectivity index (χ0v) is 16.6. The Morgan fingerprint density at radius 3 is 2.74 bits per heavy atom. The van der Waals surface area contributed by atoms with Gasteiger partial charge in [-0.3, -0.25) is 9.48 Å². The smallest absolute Gasteiger partial charge is 0.268 e. The van der Waals surface area contributed by atoms with Crippen LogP contribution in [0.1, 0.15) is 36.4 Å². The third kappa shape index (κ3) is 4.21.